The molecule has 114 valence electrons. The summed E-state index contributed by atoms with van der Waals surface area (Å²) >= 11 is 3.42. The van der Waals surface area contributed by atoms with Crippen LogP contribution in [0.3, 0.4) is 0 Å². The number of urea groups is 1. The van der Waals surface area contributed by atoms with Crippen LogP contribution in [-0.4, -0.2) is 20.6 Å². The summed E-state index contributed by atoms with van der Waals surface area (Å²) < 4.78 is 7.81. The molecule has 0 atom stereocenters. The molecule has 2 N–H and O–H groups in total. The summed E-state index contributed by atoms with van der Waals surface area (Å²) in [4.78, 5) is 16.3. The maximum atomic E-state index is 12.1. The number of pyridine rings is 1. The second-order valence-corrected chi connectivity index (χ2v) is 5.85. The quantitative estimate of drug-likeness (QED) is 0.692. The highest BCUT2D eigenvalue weighted by atomic mass is 79.9. The van der Waals surface area contributed by atoms with E-state index in [1.807, 2.05) is 24.3 Å². The van der Waals surface area contributed by atoms with E-state index in [2.05, 4.69) is 36.7 Å². The lowest BCUT2D eigenvalue weighted by Gasteiger charge is -2.07. The number of imidazole rings is 1. The average Bonchev–Trinajstić information content (AvgIpc) is 3.11. The molecule has 0 radical (unpaired) electrons. The Kier molecular flexibility index (Phi) is 3.84. The van der Waals surface area contributed by atoms with Gasteiger partial charge in [0.1, 0.15) is 5.76 Å². The Morgan fingerprint density at radius 3 is 2.91 bits per heavy atom. The Bertz CT molecular complexity index is 824. The number of hydrogen-bond acceptors (Lipinski definition) is 4. The molecule has 22 heavy (non-hydrogen) atoms. The van der Waals surface area contributed by atoms with E-state index < -0.39 is 6.03 Å². The van der Waals surface area contributed by atoms with Gasteiger partial charge in [-0.1, -0.05) is 19.0 Å². The molecule has 0 aliphatic heterocycles. The van der Waals surface area contributed by atoms with Gasteiger partial charge in [-0.3, -0.25) is 9.72 Å². The number of halogens is 1. The van der Waals surface area contributed by atoms with Gasteiger partial charge < -0.3 is 9.84 Å². The van der Waals surface area contributed by atoms with E-state index in [1.165, 1.54) is 0 Å². The van der Waals surface area contributed by atoms with Crippen LogP contribution in [0.25, 0.3) is 5.65 Å². The Balaban J connectivity index is 1.75. The van der Waals surface area contributed by atoms with Crippen molar-refractivity contribution in [1.82, 2.24) is 14.5 Å². The molecule has 0 aliphatic carbocycles. The standard InChI is InChI=1S/C14H14BrN5O2/c1-8(2)10-7-12(19-22-10)18-14(21)17-9-3-4-11(15)20-6-5-16-13(9)20/h3-8H,1-2H3,(H2,17,18,19,21). The fraction of sp³-hybridized carbons (Fsp3) is 0.214. The molecule has 7 nitrogen and oxygen atoms in total. The lowest BCUT2D eigenvalue weighted by atomic mass is 10.2. The fourth-order valence-corrected chi connectivity index (χ4v) is 2.39. The number of aromatic nitrogens is 3. The molecule has 3 heterocycles. The number of carbonyl (C=O) groups is 1. The van der Waals surface area contributed by atoms with Gasteiger partial charge in [-0.15, -0.1) is 0 Å². The predicted molar refractivity (Wildman–Crippen MR) is 86.1 cm³/mol. The summed E-state index contributed by atoms with van der Waals surface area (Å²) in [6, 6.07) is 4.90. The Morgan fingerprint density at radius 1 is 1.36 bits per heavy atom. The van der Waals surface area contributed by atoms with Crippen LogP contribution >= 0.6 is 15.9 Å². The van der Waals surface area contributed by atoms with E-state index in [1.54, 1.807) is 24.5 Å². The lowest BCUT2D eigenvalue weighted by Crippen LogP contribution is -2.20. The van der Waals surface area contributed by atoms with Crippen LogP contribution in [0, 0.1) is 0 Å². The molecule has 0 unspecified atom stereocenters. The minimum Gasteiger partial charge on any atom is -0.359 e. The lowest BCUT2D eigenvalue weighted by molar-refractivity contribution is 0.262. The summed E-state index contributed by atoms with van der Waals surface area (Å²) in [7, 11) is 0. The summed E-state index contributed by atoms with van der Waals surface area (Å²) in [5.74, 6) is 1.30. The van der Waals surface area contributed by atoms with Crippen molar-refractivity contribution in [3.63, 3.8) is 0 Å². The van der Waals surface area contributed by atoms with E-state index in [-0.39, 0.29) is 5.92 Å². The van der Waals surface area contributed by atoms with Crippen LogP contribution in [0.5, 0.6) is 0 Å². The van der Waals surface area contributed by atoms with Gasteiger partial charge in [0.25, 0.3) is 0 Å². The topological polar surface area (TPSA) is 84.5 Å². The van der Waals surface area contributed by atoms with Gasteiger partial charge in [-0.2, -0.15) is 0 Å². The minimum atomic E-state index is -0.407. The number of nitrogens with zero attached hydrogens (tertiary/aromatic N) is 3. The first kappa shape index (κ1) is 14.6. The highest BCUT2D eigenvalue weighted by Gasteiger charge is 2.12. The number of carbonyl (C=O) groups excluding carboxylic acids is 1. The molecule has 0 fully saturated rings. The van der Waals surface area contributed by atoms with Crippen LogP contribution in [0.15, 0.2) is 39.7 Å². The van der Waals surface area contributed by atoms with Crippen molar-refractivity contribution in [2.75, 3.05) is 10.6 Å². The maximum Gasteiger partial charge on any atom is 0.325 e. The SMILES string of the molecule is CC(C)c1cc(NC(=O)Nc2ccc(Br)n3ccnc23)no1. The van der Waals surface area contributed by atoms with Gasteiger partial charge >= 0.3 is 6.03 Å². The Hall–Kier alpha value is -2.35. The maximum absolute atomic E-state index is 12.1. The first-order chi connectivity index (χ1) is 10.5. The normalized spacial score (nSPS) is 11.1. The third kappa shape index (κ3) is 2.82. The van der Waals surface area contributed by atoms with Crippen molar-refractivity contribution < 1.29 is 9.32 Å². The van der Waals surface area contributed by atoms with Gasteiger partial charge in [0.15, 0.2) is 11.5 Å². The summed E-state index contributed by atoms with van der Waals surface area (Å²) in [6.07, 6.45) is 3.46. The van der Waals surface area contributed by atoms with Gasteiger partial charge in [0, 0.05) is 24.4 Å². The second-order valence-electron chi connectivity index (χ2n) is 5.04. The third-order valence-corrected chi connectivity index (χ3v) is 3.73. The van der Waals surface area contributed by atoms with Gasteiger partial charge in [0.2, 0.25) is 0 Å². The van der Waals surface area contributed by atoms with Crippen molar-refractivity contribution in [3.8, 4) is 0 Å². The Labute approximate surface area is 134 Å². The molecular weight excluding hydrogens is 350 g/mol. The average molecular weight is 364 g/mol. The molecule has 0 saturated carbocycles. The molecule has 2 amide bonds. The van der Waals surface area contributed by atoms with Crippen molar-refractivity contribution >= 4 is 39.1 Å². The summed E-state index contributed by atoms with van der Waals surface area (Å²) in [5, 5.41) is 9.19. The second kappa shape index (κ2) is 5.80. The largest absolute Gasteiger partial charge is 0.359 e. The minimum absolute atomic E-state index is 0.210. The molecule has 0 aliphatic rings. The highest BCUT2D eigenvalue weighted by molar-refractivity contribution is 9.10. The number of nitrogens with one attached hydrogen (secondary N) is 2. The molecule has 3 rings (SSSR count). The summed E-state index contributed by atoms with van der Waals surface area (Å²) in [6.45, 7) is 3.97. The third-order valence-electron chi connectivity index (χ3n) is 3.09. The molecular formula is C14H14BrN5O2. The van der Waals surface area contributed by atoms with Gasteiger partial charge in [0.05, 0.1) is 10.3 Å². The molecule has 3 aromatic heterocycles. The Morgan fingerprint density at radius 2 is 2.18 bits per heavy atom. The van der Waals surface area contributed by atoms with E-state index >= 15 is 0 Å². The molecule has 0 bridgehead atoms. The number of fused-ring (bicyclic) bond motifs is 1. The fourth-order valence-electron chi connectivity index (χ4n) is 1.97. The number of rotatable bonds is 3. The first-order valence-corrected chi connectivity index (χ1v) is 7.50. The zero-order valence-electron chi connectivity index (χ0n) is 12.0. The van der Waals surface area contributed by atoms with Crippen LogP contribution in [0.4, 0.5) is 16.3 Å². The van der Waals surface area contributed by atoms with E-state index in [0.29, 0.717) is 17.2 Å². The van der Waals surface area contributed by atoms with E-state index in [9.17, 15) is 4.79 Å². The molecule has 8 heteroatoms. The smallest absolute Gasteiger partial charge is 0.325 e. The molecule has 0 saturated heterocycles. The van der Waals surface area contributed by atoms with Gasteiger partial charge in [-0.25, -0.2) is 9.78 Å². The van der Waals surface area contributed by atoms with Crippen molar-refractivity contribution in [1.29, 1.82) is 0 Å². The van der Waals surface area contributed by atoms with Crippen molar-refractivity contribution in [3.05, 3.63) is 41.0 Å². The molecule has 3 aromatic rings. The van der Waals surface area contributed by atoms with Crippen LogP contribution in [0.2, 0.25) is 0 Å². The highest BCUT2D eigenvalue weighted by Crippen LogP contribution is 2.21. The molecule has 0 aromatic carbocycles. The van der Waals surface area contributed by atoms with E-state index in [4.69, 9.17) is 4.52 Å². The number of anilines is 2. The zero-order chi connectivity index (χ0) is 15.7. The summed E-state index contributed by atoms with van der Waals surface area (Å²) in [5.41, 5.74) is 1.24. The predicted octanol–water partition coefficient (Wildman–Crippen LogP) is 3.85. The van der Waals surface area contributed by atoms with Crippen LogP contribution < -0.4 is 10.6 Å². The van der Waals surface area contributed by atoms with E-state index in [0.717, 1.165) is 10.4 Å². The monoisotopic (exact) mass is 363 g/mol. The van der Waals surface area contributed by atoms with Gasteiger partial charge in [-0.05, 0) is 28.1 Å². The molecule has 0 spiro atoms. The van der Waals surface area contributed by atoms with Crippen molar-refractivity contribution in [2.24, 2.45) is 0 Å². The number of hydrogen-bond donors (Lipinski definition) is 2. The zero-order valence-corrected chi connectivity index (χ0v) is 13.6. The number of amides is 2. The first-order valence-electron chi connectivity index (χ1n) is 6.71. The van der Waals surface area contributed by atoms with Crippen molar-refractivity contribution in [2.45, 2.75) is 19.8 Å². The van der Waals surface area contributed by atoms with Crippen LogP contribution in [0.1, 0.15) is 25.5 Å². The van der Waals surface area contributed by atoms with Crippen LogP contribution in [-0.2, 0) is 0 Å².